The Labute approximate surface area is 121 Å². The van der Waals surface area contributed by atoms with E-state index in [1.54, 1.807) is 4.57 Å². The molecule has 0 saturated carbocycles. The fourth-order valence-corrected chi connectivity index (χ4v) is 3.11. The van der Waals surface area contributed by atoms with Gasteiger partial charge in [-0.15, -0.1) is 0 Å². The van der Waals surface area contributed by atoms with Crippen molar-refractivity contribution in [1.82, 2.24) is 18.7 Å². The predicted octanol–water partition coefficient (Wildman–Crippen LogP) is 0.335. The van der Waals surface area contributed by atoms with Crippen molar-refractivity contribution < 1.29 is 8.42 Å². The number of nitrogens with one attached hydrogen (secondary N) is 1. The fourth-order valence-electron chi connectivity index (χ4n) is 2.59. The minimum atomic E-state index is -3.19. The van der Waals surface area contributed by atoms with Gasteiger partial charge < -0.3 is 0 Å². The second kappa shape index (κ2) is 4.81. The summed E-state index contributed by atoms with van der Waals surface area (Å²) in [7, 11) is -3.19. The molecule has 3 rings (SSSR count). The van der Waals surface area contributed by atoms with E-state index in [9.17, 15) is 13.2 Å². The summed E-state index contributed by atoms with van der Waals surface area (Å²) >= 11 is 0. The van der Waals surface area contributed by atoms with Crippen LogP contribution in [0.1, 0.15) is 12.1 Å². The maximum absolute atomic E-state index is 12.5. The van der Waals surface area contributed by atoms with Gasteiger partial charge in [0.1, 0.15) is 16.8 Å². The summed E-state index contributed by atoms with van der Waals surface area (Å²) in [6, 6.07) is 5.59. The fraction of sp³-hybridized carbons (Fsp3) is 0.385. The van der Waals surface area contributed by atoms with Crippen LogP contribution in [0.15, 0.2) is 23.0 Å². The molecule has 0 spiro atoms. The molecule has 0 radical (unpaired) electrons. The Bertz CT molecular complexity index is 955. The third kappa shape index (κ3) is 2.40. The van der Waals surface area contributed by atoms with Crippen molar-refractivity contribution in [1.29, 1.82) is 0 Å². The first-order valence-corrected chi connectivity index (χ1v) is 8.52. The number of pyridine rings is 1. The molecule has 0 bridgehead atoms. The van der Waals surface area contributed by atoms with Crippen molar-refractivity contribution >= 4 is 26.8 Å². The van der Waals surface area contributed by atoms with Crippen molar-refractivity contribution in [3.63, 3.8) is 0 Å². The van der Waals surface area contributed by atoms with Gasteiger partial charge in [0.2, 0.25) is 10.0 Å². The summed E-state index contributed by atoms with van der Waals surface area (Å²) in [5.41, 5.74) is 2.76. The monoisotopic (exact) mass is 308 g/mol. The van der Waals surface area contributed by atoms with E-state index in [2.05, 4.69) is 9.71 Å². The average molecular weight is 308 g/mol. The number of hydrogen-bond donors (Lipinski definition) is 1. The van der Waals surface area contributed by atoms with Gasteiger partial charge >= 0.3 is 0 Å². The van der Waals surface area contributed by atoms with E-state index in [-0.39, 0.29) is 5.56 Å². The molecule has 8 heteroatoms. The smallest absolute Gasteiger partial charge is 0.278 e. The number of aromatic nitrogens is 3. The zero-order chi connectivity index (χ0) is 15.2. The van der Waals surface area contributed by atoms with Crippen LogP contribution in [-0.4, -0.2) is 35.2 Å². The quantitative estimate of drug-likeness (QED) is 0.689. The predicted molar refractivity (Wildman–Crippen MR) is 80.3 cm³/mol. The molecule has 0 aliphatic carbocycles. The molecule has 0 aliphatic heterocycles. The van der Waals surface area contributed by atoms with E-state index >= 15 is 0 Å². The maximum atomic E-state index is 12.5. The van der Waals surface area contributed by atoms with Crippen molar-refractivity contribution in [2.24, 2.45) is 0 Å². The second-order valence-corrected chi connectivity index (χ2v) is 6.93. The molecule has 7 nitrogen and oxygen atoms in total. The van der Waals surface area contributed by atoms with Crippen LogP contribution < -0.4 is 10.3 Å². The SMILES string of the molecule is Cc1nc2cccc3n(CCCNS(C)(=O)=O)c(=O)c1n23. The van der Waals surface area contributed by atoms with E-state index in [0.717, 1.165) is 17.6 Å². The third-order valence-electron chi connectivity index (χ3n) is 3.44. The van der Waals surface area contributed by atoms with E-state index in [1.807, 2.05) is 29.5 Å². The minimum absolute atomic E-state index is 0.0828. The Morgan fingerprint density at radius 3 is 2.81 bits per heavy atom. The topological polar surface area (TPSA) is 85.5 Å². The molecule has 0 amide bonds. The highest BCUT2D eigenvalue weighted by Gasteiger charge is 2.17. The average Bonchev–Trinajstić information content (AvgIpc) is 2.86. The minimum Gasteiger partial charge on any atom is -0.292 e. The highest BCUT2D eigenvalue weighted by atomic mass is 32.2. The van der Waals surface area contributed by atoms with Crippen LogP contribution in [0.5, 0.6) is 0 Å². The van der Waals surface area contributed by atoms with Crippen LogP contribution in [0.2, 0.25) is 0 Å². The lowest BCUT2D eigenvalue weighted by Gasteiger charge is -2.05. The van der Waals surface area contributed by atoms with Crippen molar-refractivity contribution in [2.45, 2.75) is 19.9 Å². The molecule has 1 N–H and O–H groups in total. The summed E-state index contributed by atoms with van der Waals surface area (Å²) in [4.78, 5) is 16.8. The van der Waals surface area contributed by atoms with Gasteiger partial charge in [0.05, 0.1) is 11.9 Å². The molecule has 0 aliphatic rings. The molecule has 3 aromatic heterocycles. The van der Waals surface area contributed by atoms with Gasteiger partial charge in [-0.1, -0.05) is 6.07 Å². The molecule has 3 heterocycles. The lowest BCUT2D eigenvalue weighted by atomic mass is 10.4. The zero-order valence-electron chi connectivity index (χ0n) is 11.8. The summed E-state index contributed by atoms with van der Waals surface area (Å²) in [5.74, 6) is 0. The molecular formula is C13H16N4O3S. The molecule has 0 atom stereocenters. The molecular weight excluding hydrogens is 292 g/mol. The van der Waals surface area contributed by atoms with Crippen molar-refractivity contribution in [3.05, 3.63) is 34.2 Å². The van der Waals surface area contributed by atoms with E-state index in [1.165, 1.54) is 0 Å². The van der Waals surface area contributed by atoms with Crippen LogP contribution in [0.25, 0.3) is 16.8 Å². The number of imidazole rings is 2. The lowest BCUT2D eigenvalue weighted by Crippen LogP contribution is -2.25. The first-order chi connectivity index (χ1) is 9.88. The van der Waals surface area contributed by atoms with Gasteiger partial charge in [0, 0.05) is 13.1 Å². The van der Waals surface area contributed by atoms with Crippen molar-refractivity contribution in [2.75, 3.05) is 12.8 Å². The summed E-state index contributed by atoms with van der Waals surface area (Å²) in [6.07, 6.45) is 1.67. The number of hydrogen-bond acceptors (Lipinski definition) is 4. The largest absolute Gasteiger partial charge is 0.292 e. The Balaban J connectivity index is 1.94. The first-order valence-electron chi connectivity index (χ1n) is 6.63. The molecule has 3 aromatic rings. The van der Waals surface area contributed by atoms with Gasteiger partial charge in [0.15, 0.2) is 0 Å². The van der Waals surface area contributed by atoms with E-state index < -0.39 is 10.0 Å². The van der Waals surface area contributed by atoms with Gasteiger partial charge in [-0.05, 0) is 25.5 Å². The van der Waals surface area contributed by atoms with Crippen LogP contribution in [0.3, 0.4) is 0 Å². The lowest BCUT2D eigenvalue weighted by molar-refractivity contribution is 0.576. The highest BCUT2D eigenvalue weighted by Crippen LogP contribution is 2.17. The van der Waals surface area contributed by atoms with Crippen LogP contribution in [0, 0.1) is 6.92 Å². The Morgan fingerprint density at radius 1 is 1.33 bits per heavy atom. The Kier molecular flexibility index (Phi) is 3.22. The van der Waals surface area contributed by atoms with Crippen LogP contribution >= 0.6 is 0 Å². The van der Waals surface area contributed by atoms with Crippen molar-refractivity contribution in [3.8, 4) is 0 Å². The summed E-state index contributed by atoms with van der Waals surface area (Å²) in [5, 5.41) is 0. The summed E-state index contributed by atoms with van der Waals surface area (Å²) < 4.78 is 28.0. The number of nitrogens with zero attached hydrogens (tertiary/aromatic N) is 3. The molecule has 112 valence electrons. The Hall–Kier alpha value is -1.93. The third-order valence-corrected chi connectivity index (χ3v) is 4.17. The Morgan fingerprint density at radius 2 is 2.10 bits per heavy atom. The number of aryl methyl sites for hydroxylation is 2. The molecule has 0 saturated heterocycles. The molecule has 0 unspecified atom stereocenters. The van der Waals surface area contributed by atoms with E-state index in [0.29, 0.717) is 30.7 Å². The first kappa shape index (κ1) is 14.0. The highest BCUT2D eigenvalue weighted by molar-refractivity contribution is 7.88. The van der Waals surface area contributed by atoms with Gasteiger partial charge in [0.25, 0.3) is 5.56 Å². The normalized spacial score (nSPS) is 12.7. The van der Waals surface area contributed by atoms with Gasteiger partial charge in [-0.3, -0.25) is 13.8 Å². The number of rotatable bonds is 5. The van der Waals surface area contributed by atoms with Crippen LogP contribution in [-0.2, 0) is 16.6 Å². The van der Waals surface area contributed by atoms with Crippen LogP contribution in [0.4, 0.5) is 0 Å². The summed E-state index contributed by atoms with van der Waals surface area (Å²) in [6.45, 7) is 2.59. The maximum Gasteiger partial charge on any atom is 0.278 e. The molecule has 21 heavy (non-hydrogen) atoms. The van der Waals surface area contributed by atoms with Gasteiger partial charge in [-0.25, -0.2) is 18.1 Å². The number of sulfonamides is 1. The van der Waals surface area contributed by atoms with Gasteiger partial charge in [-0.2, -0.15) is 0 Å². The second-order valence-electron chi connectivity index (χ2n) is 5.10. The zero-order valence-corrected chi connectivity index (χ0v) is 12.6. The van der Waals surface area contributed by atoms with E-state index in [4.69, 9.17) is 0 Å². The molecule has 0 fully saturated rings. The standard InChI is InChI=1S/C13H16N4O3S/c1-9-12-13(18)16(8-4-7-14-21(2,19)20)11-6-3-5-10(15-9)17(11)12/h3,5-6,14H,4,7-8H2,1-2H3. The molecule has 0 aromatic carbocycles.